The number of fused-ring (bicyclic) bond motifs is 1. The highest BCUT2D eigenvalue weighted by molar-refractivity contribution is 6.32. The number of nitrogens with one attached hydrogen (secondary N) is 2. The molecule has 0 unspecified atom stereocenters. The summed E-state index contributed by atoms with van der Waals surface area (Å²) in [5, 5.41) is 17.8. The molecule has 3 aromatic rings. The van der Waals surface area contributed by atoms with Gasteiger partial charge in [-0.2, -0.15) is 5.26 Å². The van der Waals surface area contributed by atoms with E-state index in [0.29, 0.717) is 29.4 Å². The lowest BCUT2D eigenvalue weighted by atomic mass is 10.1. The summed E-state index contributed by atoms with van der Waals surface area (Å²) in [5.41, 5.74) is 4.47. The van der Waals surface area contributed by atoms with Crippen LogP contribution in [-0.4, -0.2) is 32.4 Å². The lowest BCUT2D eigenvalue weighted by Crippen LogP contribution is -2.17. The van der Waals surface area contributed by atoms with E-state index in [4.69, 9.17) is 21.1 Å². The molecule has 0 spiro atoms. The minimum Gasteiger partial charge on any atom is -0.495 e. The number of anilines is 1. The van der Waals surface area contributed by atoms with E-state index in [2.05, 4.69) is 21.7 Å². The molecule has 6 nitrogen and oxygen atoms in total. The zero-order chi connectivity index (χ0) is 21.3. The molecule has 2 N–H and O–H groups in total. The quantitative estimate of drug-likeness (QED) is 0.466. The number of methoxy groups -OCH3 is 2. The van der Waals surface area contributed by atoms with E-state index in [0.717, 1.165) is 47.3 Å². The van der Waals surface area contributed by atoms with Gasteiger partial charge in [-0.3, -0.25) is 4.98 Å². The van der Waals surface area contributed by atoms with Crippen LogP contribution in [0.5, 0.6) is 5.75 Å². The van der Waals surface area contributed by atoms with Crippen molar-refractivity contribution < 1.29 is 9.47 Å². The summed E-state index contributed by atoms with van der Waals surface area (Å²) in [6.07, 6.45) is 2.81. The van der Waals surface area contributed by atoms with Crippen molar-refractivity contribution in [1.82, 2.24) is 10.3 Å². The van der Waals surface area contributed by atoms with Crippen molar-refractivity contribution in [3.8, 4) is 11.8 Å². The third-order valence-corrected chi connectivity index (χ3v) is 5.07. The van der Waals surface area contributed by atoms with Crippen LogP contribution in [0.4, 0.5) is 5.69 Å². The Bertz CT molecular complexity index is 1050. The van der Waals surface area contributed by atoms with Gasteiger partial charge >= 0.3 is 0 Å². The average Bonchev–Trinajstić information content (AvgIpc) is 2.77. The molecule has 0 saturated carbocycles. The monoisotopic (exact) mass is 424 g/mol. The normalized spacial score (nSPS) is 10.7. The highest BCUT2D eigenvalue weighted by Gasteiger charge is 2.11. The predicted octanol–water partition coefficient (Wildman–Crippen LogP) is 4.51. The fourth-order valence-electron chi connectivity index (χ4n) is 3.22. The number of hydrogen-bond acceptors (Lipinski definition) is 6. The van der Waals surface area contributed by atoms with Gasteiger partial charge in [-0.1, -0.05) is 17.7 Å². The van der Waals surface area contributed by atoms with E-state index in [1.54, 1.807) is 20.3 Å². The smallest absolute Gasteiger partial charge is 0.137 e. The van der Waals surface area contributed by atoms with Crippen molar-refractivity contribution in [2.75, 3.05) is 32.7 Å². The van der Waals surface area contributed by atoms with Crippen LogP contribution in [0.2, 0.25) is 5.02 Å². The second-order valence-corrected chi connectivity index (χ2v) is 7.25. The number of nitrogens with zero attached hydrogens (tertiary/aromatic N) is 2. The molecule has 0 bridgehead atoms. The van der Waals surface area contributed by atoms with Crippen LogP contribution in [0.15, 0.2) is 42.6 Å². The maximum atomic E-state index is 9.33. The Morgan fingerprint density at radius 3 is 2.73 bits per heavy atom. The zero-order valence-electron chi connectivity index (χ0n) is 17.2. The van der Waals surface area contributed by atoms with E-state index in [1.165, 1.54) is 0 Å². The third kappa shape index (κ3) is 5.39. The lowest BCUT2D eigenvalue weighted by molar-refractivity contribution is 0.194. The molecule has 0 aliphatic carbocycles. The predicted molar refractivity (Wildman–Crippen MR) is 120 cm³/mol. The average molecular weight is 425 g/mol. The Balaban J connectivity index is 1.87. The molecule has 2 aromatic carbocycles. The first-order chi connectivity index (χ1) is 14.7. The van der Waals surface area contributed by atoms with Crippen molar-refractivity contribution in [1.29, 1.82) is 5.26 Å². The first-order valence-corrected chi connectivity index (χ1v) is 10.1. The Kier molecular flexibility index (Phi) is 7.86. The van der Waals surface area contributed by atoms with Crippen molar-refractivity contribution in [2.45, 2.75) is 19.5 Å². The number of aromatic nitrogens is 1. The second-order valence-electron chi connectivity index (χ2n) is 6.85. The van der Waals surface area contributed by atoms with Gasteiger partial charge in [0.2, 0.25) is 0 Å². The van der Waals surface area contributed by atoms with Crippen molar-refractivity contribution in [3.05, 3.63) is 64.3 Å². The second kappa shape index (κ2) is 10.8. The molecule has 0 radical (unpaired) electrons. The van der Waals surface area contributed by atoms with Gasteiger partial charge in [0.05, 0.1) is 29.3 Å². The molecular formula is C23H25ClN4O2. The summed E-state index contributed by atoms with van der Waals surface area (Å²) < 4.78 is 10.3. The van der Waals surface area contributed by atoms with E-state index < -0.39 is 0 Å². The summed E-state index contributed by atoms with van der Waals surface area (Å²) in [4.78, 5) is 4.57. The summed E-state index contributed by atoms with van der Waals surface area (Å²) >= 11 is 6.27. The number of benzene rings is 2. The van der Waals surface area contributed by atoms with E-state index >= 15 is 0 Å². The Hall–Kier alpha value is -2.85. The Labute approximate surface area is 181 Å². The summed E-state index contributed by atoms with van der Waals surface area (Å²) in [7, 11) is 3.30. The van der Waals surface area contributed by atoms with Gasteiger partial charge in [0.25, 0.3) is 0 Å². The molecule has 0 atom stereocenters. The van der Waals surface area contributed by atoms with Crippen LogP contribution >= 0.6 is 11.6 Å². The first kappa shape index (κ1) is 21.8. The molecule has 0 saturated heterocycles. The van der Waals surface area contributed by atoms with Crippen LogP contribution in [0.25, 0.3) is 10.9 Å². The summed E-state index contributed by atoms with van der Waals surface area (Å²) in [6, 6.07) is 13.5. The fraction of sp³-hybridized carbons (Fsp3) is 0.304. The molecule has 30 heavy (non-hydrogen) atoms. The van der Waals surface area contributed by atoms with E-state index in [-0.39, 0.29) is 0 Å². The number of halogens is 1. The van der Waals surface area contributed by atoms with Crippen molar-refractivity contribution in [3.63, 3.8) is 0 Å². The number of nitriles is 1. The van der Waals surface area contributed by atoms with Crippen LogP contribution in [0.3, 0.4) is 0 Å². The molecule has 156 valence electrons. The van der Waals surface area contributed by atoms with Gasteiger partial charge in [0.15, 0.2) is 0 Å². The van der Waals surface area contributed by atoms with Crippen LogP contribution in [-0.2, 0) is 17.8 Å². The maximum Gasteiger partial charge on any atom is 0.137 e. The minimum absolute atomic E-state index is 0.572. The molecule has 0 fully saturated rings. The number of rotatable bonds is 10. The highest BCUT2D eigenvalue weighted by Crippen LogP contribution is 2.29. The lowest BCUT2D eigenvalue weighted by Gasteiger charge is -2.16. The first-order valence-electron chi connectivity index (χ1n) is 9.74. The molecular weight excluding hydrogens is 400 g/mol. The van der Waals surface area contributed by atoms with E-state index in [9.17, 15) is 5.26 Å². The zero-order valence-corrected chi connectivity index (χ0v) is 17.9. The van der Waals surface area contributed by atoms with Gasteiger partial charge in [0.1, 0.15) is 5.75 Å². The van der Waals surface area contributed by atoms with Gasteiger partial charge in [-0.25, -0.2) is 0 Å². The summed E-state index contributed by atoms with van der Waals surface area (Å²) in [6.45, 7) is 2.81. The summed E-state index contributed by atoms with van der Waals surface area (Å²) in [5.74, 6) is 0.648. The standard InChI is InChI=1S/C23H25ClN4O2/c1-29-9-3-8-26-14-18-15-27-21-6-4-16(12-25)10-19(21)23(18)28-13-17-5-7-22(30-2)20(24)11-17/h4-7,10-11,15,26H,3,8-9,13-14H2,1-2H3,(H,27,28). The molecule has 1 heterocycles. The van der Waals surface area contributed by atoms with Gasteiger partial charge in [-0.15, -0.1) is 0 Å². The van der Waals surface area contributed by atoms with Crippen LogP contribution in [0.1, 0.15) is 23.1 Å². The Morgan fingerprint density at radius 1 is 1.13 bits per heavy atom. The fourth-order valence-corrected chi connectivity index (χ4v) is 3.50. The minimum atomic E-state index is 0.572. The highest BCUT2D eigenvalue weighted by atomic mass is 35.5. The molecule has 1 aromatic heterocycles. The topological polar surface area (TPSA) is 79.2 Å². The van der Waals surface area contributed by atoms with Crippen LogP contribution in [0, 0.1) is 11.3 Å². The number of ether oxygens (including phenoxy) is 2. The SMILES string of the molecule is COCCCNCc1cnc2ccc(C#N)cc2c1NCc1ccc(OC)c(Cl)c1. The van der Waals surface area contributed by atoms with Crippen LogP contribution < -0.4 is 15.4 Å². The van der Waals surface area contributed by atoms with Gasteiger partial charge in [0, 0.05) is 49.6 Å². The Morgan fingerprint density at radius 2 is 2.00 bits per heavy atom. The third-order valence-electron chi connectivity index (χ3n) is 4.78. The van der Waals surface area contributed by atoms with E-state index in [1.807, 2.05) is 36.5 Å². The molecule has 0 aliphatic rings. The number of pyridine rings is 1. The van der Waals surface area contributed by atoms with Crippen molar-refractivity contribution >= 4 is 28.2 Å². The molecule has 0 aliphatic heterocycles. The molecule has 3 rings (SSSR count). The number of hydrogen-bond donors (Lipinski definition) is 2. The molecule has 7 heteroatoms. The van der Waals surface area contributed by atoms with Gasteiger partial charge in [-0.05, 0) is 48.9 Å². The van der Waals surface area contributed by atoms with Crippen molar-refractivity contribution in [2.24, 2.45) is 0 Å². The maximum absolute atomic E-state index is 9.33. The largest absolute Gasteiger partial charge is 0.495 e. The molecule has 0 amide bonds. The van der Waals surface area contributed by atoms with Gasteiger partial charge < -0.3 is 20.1 Å².